The van der Waals surface area contributed by atoms with Crippen LogP contribution in [0.5, 0.6) is 5.88 Å². The van der Waals surface area contributed by atoms with Gasteiger partial charge in [0.2, 0.25) is 5.88 Å². The predicted molar refractivity (Wildman–Crippen MR) is 101 cm³/mol. The normalized spacial score (nSPS) is 11.1. The first-order valence-electron chi connectivity index (χ1n) is 8.42. The first-order valence-corrected chi connectivity index (χ1v) is 9.30. The Labute approximate surface area is 161 Å². The number of aromatic nitrogens is 2. The zero-order valence-electron chi connectivity index (χ0n) is 15.6. The van der Waals surface area contributed by atoms with Crippen LogP contribution in [-0.4, -0.2) is 54.3 Å². The summed E-state index contributed by atoms with van der Waals surface area (Å²) in [5.41, 5.74) is 1.01. The molecule has 9 heteroatoms. The molecule has 0 saturated carbocycles. The van der Waals surface area contributed by atoms with E-state index in [0.717, 1.165) is 11.8 Å². The van der Waals surface area contributed by atoms with Crippen LogP contribution in [-0.2, 0) is 9.47 Å². The van der Waals surface area contributed by atoms with E-state index in [-0.39, 0.29) is 0 Å². The van der Waals surface area contributed by atoms with Gasteiger partial charge >= 0.3 is 6.09 Å². The quantitative estimate of drug-likeness (QED) is 0.516. The van der Waals surface area contributed by atoms with Crippen LogP contribution in [0.15, 0.2) is 23.7 Å². The van der Waals surface area contributed by atoms with Gasteiger partial charge < -0.3 is 19.5 Å². The fourth-order valence-electron chi connectivity index (χ4n) is 1.97. The average molecular weight is 393 g/mol. The number of pyridine rings is 1. The molecule has 2 aromatic rings. The number of amides is 1. The standard InChI is InChI=1S/C18H23N3O5S/c1-18(2,3)26-17(23)20-6-7-24-8-9-25-15-10-13(4-5-19-15)14-12-27-16(11-22)21-14/h4-5,10-12H,6-9H2,1-3H3,(H,20,23). The summed E-state index contributed by atoms with van der Waals surface area (Å²) in [5, 5.41) is 4.85. The van der Waals surface area contributed by atoms with Crippen LogP contribution in [0, 0.1) is 0 Å². The Bertz CT molecular complexity index is 757. The molecular weight excluding hydrogens is 370 g/mol. The molecule has 2 rings (SSSR count). The molecule has 0 fully saturated rings. The molecule has 0 aliphatic carbocycles. The van der Waals surface area contributed by atoms with Crippen molar-refractivity contribution in [1.82, 2.24) is 15.3 Å². The van der Waals surface area contributed by atoms with E-state index in [9.17, 15) is 9.59 Å². The van der Waals surface area contributed by atoms with Gasteiger partial charge in [-0.2, -0.15) is 0 Å². The van der Waals surface area contributed by atoms with Crippen molar-refractivity contribution in [3.05, 3.63) is 28.7 Å². The van der Waals surface area contributed by atoms with E-state index < -0.39 is 11.7 Å². The fourth-order valence-corrected chi connectivity index (χ4v) is 2.60. The lowest BCUT2D eigenvalue weighted by Gasteiger charge is -2.19. The molecule has 0 aliphatic heterocycles. The summed E-state index contributed by atoms with van der Waals surface area (Å²) in [7, 11) is 0. The van der Waals surface area contributed by atoms with Gasteiger partial charge in [-0.05, 0) is 26.8 Å². The van der Waals surface area contributed by atoms with Crippen LogP contribution in [0.2, 0.25) is 0 Å². The molecule has 1 N–H and O–H groups in total. The molecule has 2 heterocycles. The minimum Gasteiger partial charge on any atom is -0.475 e. The van der Waals surface area contributed by atoms with Crippen molar-refractivity contribution in [2.75, 3.05) is 26.4 Å². The second kappa shape index (κ2) is 9.98. The second-order valence-electron chi connectivity index (χ2n) is 6.46. The number of thiazole rings is 1. The maximum absolute atomic E-state index is 11.5. The van der Waals surface area contributed by atoms with Gasteiger partial charge in [0.05, 0.1) is 18.9 Å². The number of alkyl carbamates (subject to hydrolysis) is 1. The Morgan fingerprint density at radius 1 is 1.30 bits per heavy atom. The van der Waals surface area contributed by atoms with E-state index >= 15 is 0 Å². The highest BCUT2D eigenvalue weighted by atomic mass is 32.1. The number of nitrogens with zero attached hydrogens (tertiary/aromatic N) is 2. The van der Waals surface area contributed by atoms with Gasteiger partial charge in [-0.3, -0.25) is 4.79 Å². The number of aldehydes is 1. The Balaban J connectivity index is 1.65. The minimum atomic E-state index is -0.520. The Kier molecular flexibility index (Phi) is 7.68. The zero-order valence-corrected chi connectivity index (χ0v) is 16.4. The number of carbonyl (C=O) groups is 2. The largest absolute Gasteiger partial charge is 0.475 e. The van der Waals surface area contributed by atoms with Gasteiger partial charge in [0, 0.05) is 29.8 Å². The van der Waals surface area contributed by atoms with Gasteiger partial charge in [0.15, 0.2) is 11.3 Å². The zero-order chi connectivity index (χ0) is 19.7. The number of rotatable bonds is 9. The molecule has 0 bridgehead atoms. The fraction of sp³-hybridized carbons (Fsp3) is 0.444. The van der Waals surface area contributed by atoms with Gasteiger partial charge in [-0.1, -0.05) is 0 Å². The van der Waals surface area contributed by atoms with Crippen molar-refractivity contribution in [3.63, 3.8) is 0 Å². The highest BCUT2D eigenvalue weighted by Crippen LogP contribution is 2.23. The summed E-state index contributed by atoms with van der Waals surface area (Å²) in [6.45, 7) is 6.79. The molecule has 0 atom stereocenters. The summed E-state index contributed by atoms with van der Waals surface area (Å²) >= 11 is 1.28. The Morgan fingerprint density at radius 2 is 2.11 bits per heavy atom. The lowest BCUT2D eigenvalue weighted by molar-refractivity contribution is 0.0488. The third-order valence-electron chi connectivity index (χ3n) is 3.05. The van der Waals surface area contributed by atoms with E-state index in [2.05, 4.69) is 15.3 Å². The summed E-state index contributed by atoms with van der Waals surface area (Å²) in [6.07, 6.45) is 1.88. The number of carbonyl (C=O) groups excluding carboxylic acids is 2. The summed E-state index contributed by atoms with van der Waals surface area (Å²) in [6, 6.07) is 3.56. The van der Waals surface area contributed by atoms with Crippen molar-refractivity contribution >= 4 is 23.7 Å². The van der Waals surface area contributed by atoms with Crippen molar-refractivity contribution in [2.45, 2.75) is 26.4 Å². The van der Waals surface area contributed by atoms with Crippen molar-refractivity contribution < 1.29 is 23.8 Å². The molecular formula is C18H23N3O5S. The van der Waals surface area contributed by atoms with Crippen LogP contribution in [0.25, 0.3) is 11.3 Å². The number of hydrogen-bond acceptors (Lipinski definition) is 8. The monoisotopic (exact) mass is 393 g/mol. The van der Waals surface area contributed by atoms with Gasteiger partial charge in [-0.25, -0.2) is 14.8 Å². The molecule has 0 spiro atoms. The molecule has 27 heavy (non-hydrogen) atoms. The topological polar surface area (TPSA) is 99.6 Å². The third kappa shape index (κ3) is 7.71. The van der Waals surface area contributed by atoms with Crippen molar-refractivity contribution in [1.29, 1.82) is 0 Å². The second-order valence-corrected chi connectivity index (χ2v) is 7.35. The van der Waals surface area contributed by atoms with E-state index in [0.29, 0.717) is 42.9 Å². The first-order chi connectivity index (χ1) is 12.9. The smallest absolute Gasteiger partial charge is 0.407 e. The molecule has 0 unspecified atom stereocenters. The van der Waals surface area contributed by atoms with Crippen LogP contribution >= 0.6 is 11.3 Å². The van der Waals surface area contributed by atoms with Crippen LogP contribution in [0.1, 0.15) is 30.6 Å². The Morgan fingerprint density at radius 3 is 2.81 bits per heavy atom. The molecule has 8 nitrogen and oxygen atoms in total. The summed E-state index contributed by atoms with van der Waals surface area (Å²) in [4.78, 5) is 30.5. The number of nitrogens with one attached hydrogen (secondary N) is 1. The SMILES string of the molecule is CC(C)(C)OC(=O)NCCOCCOc1cc(-c2csc(C=O)n2)ccn1. The number of ether oxygens (including phenoxy) is 3. The summed E-state index contributed by atoms with van der Waals surface area (Å²) in [5.74, 6) is 0.448. The van der Waals surface area contributed by atoms with E-state index in [1.807, 2.05) is 5.38 Å². The molecule has 146 valence electrons. The molecule has 0 aromatic carbocycles. The highest BCUT2D eigenvalue weighted by Gasteiger charge is 2.15. The lowest BCUT2D eigenvalue weighted by Crippen LogP contribution is -2.34. The molecule has 0 radical (unpaired) electrons. The van der Waals surface area contributed by atoms with Crippen LogP contribution < -0.4 is 10.1 Å². The maximum atomic E-state index is 11.5. The predicted octanol–water partition coefficient (Wildman–Crippen LogP) is 2.94. The van der Waals surface area contributed by atoms with E-state index in [1.165, 1.54) is 11.3 Å². The minimum absolute atomic E-state index is 0.319. The van der Waals surface area contributed by atoms with E-state index in [1.54, 1.807) is 39.1 Å². The van der Waals surface area contributed by atoms with Gasteiger partial charge in [0.25, 0.3) is 0 Å². The average Bonchev–Trinajstić information content (AvgIpc) is 3.09. The van der Waals surface area contributed by atoms with Crippen LogP contribution in [0.4, 0.5) is 4.79 Å². The first kappa shape index (κ1) is 20.8. The highest BCUT2D eigenvalue weighted by molar-refractivity contribution is 7.11. The van der Waals surface area contributed by atoms with Crippen LogP contribution in [0.3, 0.4) is 0 Å². The molecule has 0 saturated heterocycles. The maximum Gasteiger partial charge on any atom is 0.407 e. The van der Waals surface area contributed by atoms with Gasteiger partial charge in [0.1, 0.15) is 12.2 Å². The van der Waals surface area contributed by atoms with Gasteiger partial charge in [-0.15, -0.1) is 11.3 Å². The third-order valence-corrected chi connectivity index (χ3v) is 3.82. The lowest BCUT2D eigenvalue weighted by atomic mass is 10.2. The molecule has 2 aromatic heterocycles. The van der Waals surface area contributed by atoms with Crippen molar-refractivity contribution in [2.24, 2.45) is 0 Å². The Hall–Kier alpha value is -2.52. The molecule has 1 amide bonds. The van der Waals surface area contributed by atoms with Crippen molar-refractivity contribution in [3.8, 4) is 17.1 Å². The molecule has 0 aliphatic rings. The van der Waals surface area contributed by atoms with E-state index in [4.69, 9.17) is 14.2 Å². The summed E-state index contributed by atoms with van der Waals surface area (Å²) < 4.78 is 16.1. The number of hydrogen-bond donors (Lipinski definition) is 1.